The lowest BCUT2D eigenvalue weighted by Crippen LogP contribution is -2.19. The first-order chi connectivity index (χ1) is 31.3. The summed E-state index contributed by atoms with van der Waals surface area (Å²) in [5, 5.41) is 19.3. The minimum absolute atomic E-state index is 0.0155. The molecule has 0 bridgehead atoms. The van der Waals surface area contributed by atoms with Crippen molar-refractivity contribution >= 4 is 28.8 Å². The van der Waals surface area contributed by atoms with Crippen LogP contribution in [0.15, 0.2) is 73.3 Å². The molecule has 13 nitrogen and oxygen atoms in total. The van der Waals surface area contributed by atoms with Crippen molar-refractivity contribution in [3.8, 4) is 45.5 Å². The molecule has 4 heterocycles. The molecule has 2 aromatic carbocycles. The van der Waals surface area contributed by atoms with E-state index in [4.69, 9.17) is 18.9 Å². The first kappa shape index (κ1) is 43.7. The van der Waals surface area contributed by atoms with Crippen molar-refractivity contribution in [2.75, 3.05) is 20.8 Å². The number of imidazole rings is 2. The number of carbonyl (C=O) groups excluding carboxylic acids is 2. The number of halogens is 4. The fraction of sp³-hybridized carbons (Fsp3) is 0.396. The number of benzene rings is 2. The van der Waals surface area contributed by atoms with Gasteiger partial charge in [-0.25, -0.2) is 9.97 Å². The van der Waals surface area contributed by atoms with Gasteiger partial charge in [0.25, 0.3) is 0 Å². The summed E-state index contributed by atoms with van der Waals surface area (Å²) in [5.41, 5.74) is 4.19. The fourth-order valence-corrected chi connectivity index (χ4v) is 8.55. The third kappa shape index (κ3) is 8.73. The Morgan fingerprint density at radius 2 is 1.11 bits per heavy atom. The molecule has 4 saturated carbocycles. The lowest BCUT2D eigenvalue weighted by atomic mass is 9.97. The molecular weight excluding hydrogens is 853 g/mol. The van der Waals surface area contributed by atoms with Crippen LogP contribution in [-0.2, 0) is 15.6 Å². The quantitative estimate of drug-likeness (QED) is 0.0624. The molecule has 0 aliphatic heterocycles. The molecule has 65 heavy (non-hydrogen) atoms. The number of aliphatic hydroxyl groups is 1. The number of hydrogen-bond acceptors (Lipinski definition) is 10. The van der Waals surface area contributed by atoms with E-state index in [-0.39, 0.29) is 70.1 Å². The summed E-state index contributed by atoms with van der Waals surface area (Å²) in [4.78, 5) is 46.1. The molecule has 4 aliphatic rings. The number of ketones is 2. The number of hydrogen-bond donors (Lipinski definition) is 2. The van der Waals surface area contributed by atoms with Crippen LogP contribution in [-0.4, -0.2) is 80.6 Å². The monoisotopic (exact) mass is 898 g/mol. The number of carboxylic acids is 1. The molecule has 0 saturated heterocycles. The molecule has 4 aromatic heterocycles. The van der Waals surface area contributed by atoms with Gasteiger partial charge in [0.05, 0.1) is 50.0 Å². The highest BCUT2D eigenvalue weighted by molar-refractivity contribution is 6.03. The minimum Gasteiger partial charge on any atom is -0.496 e. The number of fused-ring (bicyclic) bond motifs is 2. The Morgan fingerprint density at radius 3 is 1.48 bits per heavy atom. The number of ether oxygens (including phenoxy) is 4. The van der Waals surface area contributed by atoms with Gasteiger partial charge in [-0.3, -0.25) is 23.2 Å². The Hall–Kier alpha value is -6.49. The molecule has 6 aromatic rings. The van der Waals surface area contributed by atoms with Gasteiger partial charge >= 0.3 is 19.2 Å². The highest BCUT2D eigenvalue weighted by Gasteiger charge is 2.52. The number of aliphatic carboxylic acids is 1. The van der Waals surface area contributed by atoms with Gasteiger partial charge in [-0.1, -0.05) is 0 Å². The zero-order chi connectivity index (χ0) is 45.8. The summed E-state index contributed by atoms with van der Waals surface area (Å²) in [5.74, 6) is -0.902. The van der Waals surface area contributed by atoms with Crippen molar-refractivity contribution in [3.63, 3.8) is 0 Å². The molecule has 340 valence electrons. The molecule has 2 N–H and O–H groups in total. The van der Waals surface area contributed by atoms with Crippen molar-refractivity contribution in [2.45, 2.75) is 88.3 Å². The van der Waals surface area contributed by atoms with Crippen LogP contribution in [0.3, 0.4) is 0 Å². The predicted molar refractivity (Wildman–Crippen MR) is 228 cm³/mol. The predicted octanol–water partition coefficient (Wildman–Crippen LogP) is 9.33. The highest BCUT2D eigenvalue weighted by Crippen LogP contribution is 2.50. The summed E-state index contributed by atoms with van der Waals surface area (Å²) in [6.45, 7) is -6.08. The second-order valence-electron chi connectivity index (χ2n) is 17.4. The van der Waals surface area contributed by atoms with Crippen LogP contribution >= 0.6 is 0 Å². The van der Waals surface area contributed by atoms with E-state index in [1.54, 1.807) is 47.3 Å². The maximum Gasteiger partial charge on any atom is 0.387 e. The van der Waals surface area contributed by atoms with Gasteiger partial charge in [0, 0.05) is 41.8 Å². The third-order valence-corrected chi connectivity index (χ3v) is 13.0. The number of nitrogens with zero attached hydrogens (tertiary/aromatic N) is 4. The molecule has 17 heteroatoms. The molecule has 0 amide bonds. The van der Waals surface area contributed by atoms with Gasteiger partial charge < -0.3 is 29.2 Å². The lowest BCUT2D eigenvalue weighted by Gasteiger charge is -2.16. The topological polar surface area (TPSA) is 163 Å². The van der Waals surface area contributed by atoms with E-state index in [1.165, 1.54) is 26.4 Å². The van der Waals surface area contributed by atoms with Gasteiger partial charge in [0.2, 0.25) is 0 Å². The summed E-state index contributed by atoms with van der Waals surface area (Å²) < 4.78 is 76.6. The van der Waals surface area contributed by atoms with Crippen LogP contribution in [0, 0.1) is 11.8 Å². The molecule has 4 fully saturated rings. The number of carbonyl (C=O) groups is 3. The number of carboxylic acid groups (broad SMARTS) is 1. The second kappa shape index (κ2) is 17.1. The Morgan fingerprint density at radius 1 is 0.677 bits per heavy atom. The summed E-state index contributed by atoms with van der Waals surface area (Å²) >= 11 is 0. The molecular formula is C48H46F4N4O9. The average molecular weight is 899 g/mol. The third-order valence-electron chi connectivity index (χ3n) is 13.0. The Labute approximate surface area is 369 Å². The van der Waals surface area contributed by atoms with Crippen molar-refractivity contribution in [3.05, 3.63) is 95.6 Å². The zero-order valence-corrected chi connectivity index (χ0v) is 35.6. The molecule has 0 spiro atoms. The van der Waals surface area contributed by atoms with Gasteiger partial charge in [-0.05, 0) is 123 Å². The number of aromatic nitrogens is 4. The molecule has 4 aliphatic carbocycles. The number of Topliss-reactive ketones (excluding diaryl/α,β-unsaturated/α-hetero) is 2. The van der Waals surface area contributed by atoms with E-state index < -0.39 is 24.6 Å². The number of methoxy groups -OCH3 is 2. The van der Waals surface area contributed by atoms with Crippen LogP contribution < -0.4 is 18.9 Å². The first-order valence-electron chi connectivity index (χ1n) is 21.5. The average Bonchev–Trinajstić information content (AvgIpc) is 4.07. The normalized spacial score (nSPS) is 16.9. The number of rotatable bonds is 18. The largest absolute Gasteiger partial charge is 0.496 e. The van der Waals surface area contributed by atoms with Crippen molar-refractivity contribution in [1.29, 1.82) is 0 Å². The number of pyridine rings is 2. The lowest BCUT2D eigenvalue weighted by molar-refractivity contribution is -0.140. The molecule has 0 unspecified atom stereocenters. The maximum absolute atomic E-state index is 13.2. The zero-order valence-electron chi connectivity index (χ0n) is 35.6. The van der Waals surface area contributed by atoms with Crippen molar-refractivity contribution in [2.24, 2.45) is 11.8 Å². The number of aliphatic hydroxyl groups excluding tert-OH is 1. The smallest absolute Gasteiger partial charge is 0.387 e. The first-order valence-corrected chi connectivity index (χ1v) is 21.5. The Bertz CT molecular complexity index is 2820. The van der Waals surface area contributed by atoms with Crippen LogP contribution in [0.1, 0.15) is 96.1 Å². The van der Waals surface area contributed by atoms with Gasteiger partial charge in [0.1, 0.15) is 45.4 Å². The Kier molecular flexibility index (Phi) is 11.5. The minimum atomic E-state index is -3.10. The molecule has 0 atom stereocenters. The molecule has 10 rings (SSSR count). The Balaban J connectivity index is 0.000000164. The standard InChI is InChI=1S/C24H22F2N2O5.C24H24F2N2O4/c1-32-18-9-14(10-19(33-23(25)26)21(18)17(29)8-13-2-3-13)16-12-27-20-11-15(4-7-28(16)20)24(5-6-24)22(30)31;1-31-19-9-15(10-20(32-23(25)26)22(19)18(30)8-14-2-3-14)17-12-27-21-11-16(4-7-28(17)21)24(13-29)5-6-24/h4,7,9-13,23H,2-3,5-6,8H2,1H3,(H,30,31);4,7,9-12,14,23,29H,2-3,5-6,8,13H2,1H3. The van der Waals surface area contributed by atoms with Gasteiger partial charge in [0.15, 0.2) is 11.6 Å². The van der Waals surface area contributed by atoms with Crippen LogP contribution in [0.25, 0.3) is 33.8 Å². The van der Waals surface area contributed by atoms with E-state index in [2.05, 4.69) is 9.97 Å². The van der Waals surface area contributed by atoms with Gasteiger partial charge in [-0.15, -0.1) is 0 Å². The summed E-state index contributed by atoms with van der Waals surface area (Å²) in [7, 11) is 2.78. The second-order valence-corrected chi connectivity index (χ2v) is 17.4. The van der Waals surface area contributed by atoms with E-state index in [0.717, 1.165) is 44.1 Å². The van der Waals surface area contributed by atoms with Crippen molar-refractivity contribution < 1.29 is 61.1 Å². The summed E-state index contributed by atoms with van der Waals surface area (Å²) in [6.07, 6.45) is 14.2. The van der Waals surface area contributed by atoms with E-state index in [0.29, 0.717) is 64.6 Å². The van der Waals surface area contributed by atoms with Crippen LogP contribution in [0.4, 0.5) is 17.6 Å². The SMILES string of the molecule is COc1cc(-c2cnc3cc(C4(C(=O)O)CC4)ccn23)cc(OC(F)F)c1C(=O)CC1CC1.COc1cc(-c2cnc3cc(C4(CO)CC4)ccn23)cc(OC(F)F)c1C(=O)CC1CC1. The van der Waals surface area contributed by atoms with Crippen molar-refractivity contribution in [1.82, 2.24) is 18.8 Å². The van der Waals surface area contributed by atoms with E-state index in [9.17, 15) is 42.2 Å². The fourth-order valence-electron chi connectivity index (χ4n) is 8.55. The van der Waals surface area contributed by atoms with E-state index in [1.807, 2.05) is 22.7 Å². The van der Waals surface area contributed by atoms with E-state index >= 15 is 0 Å². The summed E-state index contributed by atoms with van der Waals surface area (Å²) in [6, 6.07) is 13.5. The molecule has 0 radical (unpaired) electrons. The van der Waals surface area contributed by atoms with Gasteiger partial charge in [-0.2, -0.15) is 17.6 Å². The van der Waals surface area contributed by atoms with Crippen LogP contribution in [0.5, 0.6) is 23.0 Å². The highest BCUT2D eigenvalue weighted by atomic mass is 19.3. The number of alkyl halides is 4. The van der Waals surface area contributed by atoms with Crippen LogP contribution in [0.2, 0.25) is 0 Å². The maximum atomic E-state index is 13.2.